The van der Waals surface area contributed by atoms with Gasteiger partial charge in [-0.3, -0.25) is 5.41 Å². The average molecular weight is 254 g/mol. The van der Waals surface area contributed by atoms with Crippen LogP contribution in [0.4, 0.5) is 0 Å². The summed E-state index contributed by atoms with van der Waals surface area (Å²) in [7, 11) is 0. The summed E-state index contributed by atoms with van der Waals surface area (Å²) in [5.74, 6) is 0.934. The smallest absolute Gasteiger partial charge is 0.258 e. The van der Waals surface area contributed by atoms with Crippen LogP contribution in [-0.4, -0.2) is 14.9 Å². The van der Waals surface area contributed by atoms with Crippen molar-refractivity contribution in [2.45, 2.75) is 6.92 Å². The van der Waals surface area contributed by atoms with Crippen molar-refractivity contribution in [3.05, 3.63) is 47.7 Å². The van der Waals surface area contributed by atoms with Crippen molar-refractivity contribution in [3.63, 3.8) is 0 Å². The van der Waals surface area contributed by atoms with Crippen molar-refractivity contribution >= 4 is 12.4 Å². The minimum absolute atomic E-state index is 0. The Hall–Kier alpha value is -2.01. The van der Waals surface area contributed by atoms with Gasteiger partial charge in [0.05, 0.1) is 5.69 Å². The third-order valence-electron chi connectivity index (χ3n) is 2.05. The zero-order valence-electron chi connectivity index (χ0n) is 9.12. The number of para-hydroxylation sites is 1. The van der Waals surface area contributed by atoms with Gasteiger partial charge in [-0.25, -0.2) is 0 Å². The molecule has 0 radical (unpaired) electrons. The van der Waals surface area contributed by atoms with Gasteiger partial charge >= 0.3 is 0 Å². The average Bonchev–Trinajstić information content (AvgIpc) is 2.27. The van der Waals surface area contributed by atoms with Gasteiger partial charge in [-0.1, -0.05) is 18.2 Å². The Morgan fingerprint density at radius 1 is 1.29 bits per heavy atom. The van der Waals surface area contributed by atoms with Gasteiger partial charge in [-0.05, 0) is 19.1 Å². The van der Waals surface area contributed by atoms with Crippen molar-refractivity contribution in [1.82, 2.24) is 9.71 Å². The minimum Gasteiger partial charge on any atom is -0.439 e. The molecular weight excluding hydrogens is 242 g/mol. The molecule has 0 saturated carbocycles. The summed E-state index contributed by atoms with van der Waals surface area (Å²) < 4.78 is 6.13. The van der Waals surface area contributed by atoms with Gasteiger partial charge in [0.15, 0.2) is 0 Å². The fourth-order valence-electron chi connectivity index (χ4n) is 1.25. The maximum absolute atomic E-state index is 9.31. The summed E-state index contributed by atoms with van der Waals surface area (Å²) in [6.45, 7) is 1.66. The first kappa shape index (κ1) is 13.1. The van der Waals surface area contributed by atoms with Crippen molar-refractivity contribution in [2.75, 3.05) is 0 Å². The topological polar surface area (TPSA) is 71.1 Å². The Kier molecular flexibility index (Phi) is 4.12. The Balaban J connectivity index is 0.00000144. The van der Waals surface area contributed by atoms with Crippen molar-refractivity contribution in [3.8, 4) is 11.6 Å². The van der Waals surface area contributed by atoms with E-state index < -0.39 is 0 Å². The summed E-state index contributed by atoms with van der Waals surface area (Å²) in [5.41, 5.74) is 0.233. The zero-order valence-corrected chi connectivity index (χ0v) is 9.94. The van der Waals surface area contributed by atoms with Crippen LogP contribution in [0.1, 0.15) is 5.69 Å². The van der Waals surface area contributed by atoms with Gasteiger partial charge < -0.3 is 9.94 Å². The lowest BCUT2D eigenvalue weighted by Gasteiger charge is -2.07. The molecule has 2 N–H and O–H groups in total. The van der Waals surface area contributed by atoms with E-state index in [0.717, 1.165) is 0 Å². The number of halogens is 1. The normalized spacial score (nSPS) is 9.47. The molecule has 1 aromatic heterocycles. The van der Waals surface area contributed by atoms with Crippen LogP contribution in [0.3, 0.4) is 0 Å². The number of nitrogens with zero attached hydrogens (tertiary/aromatic N) is 2. The van der Waals surface area contributed by atoms with Crippen LogP contribution in [-0.2, 0) is 0 Å². The lowest BCUT2D eigenvalue weighted by molar-refractivity contribution is 0.156. The Labute approximate surface area is 104 Å². The molecule has 6 heteroatoms. The van der Waals surface area contributed by atoms with Crippen LogP contribution < -0.4 is 10.4 Å². The van der Waals surface area contributed by atoms with Crippen molar-refractivity contribution in [1.29, 1.82) is 5.41 Å². The third-order valence-corrected chi connectivity index (χ3v) is 2.05. The molecule has 17 heavy (non-hydrogen) atoms. The van der Waals surface area contributed by atoms with E-state index in [-0.39, 0.29) is 18.0 Å². The fraction of sp³-hybridized carbons (Fsp3) is 0.0909. The summed E-state index contributed by atoms with van der Waals surface area (Å²) in [5, 5.41) is 16.7. The van der Waals surface area contributed by atoms with Gasteiger partial charge in [-0.2, -0.15) is 9.71 Å². The molecule has 1 heterocycles. The number of benzene rings is 1. The van der Waals surface area contributed by atoms with E-state index in [1.54, 1.807) is 25.1 Å². The van der Waals surface area contributed by atoms with Gasteiger partial charge in [0.25, 0.3) is 5.62 Å². The highest BCUT2D eigenvalue weighted by atomic mass is 35.5. The Morgan fingerprint density at radius 3 is 2.53 bits per heavy atom. The number of aryl methyl sites for hydroxylation is 1. The zero-order chi connectivity index (χ0) is 11.5. The summed E-state index contributed by atoms with van der Waals surface area (Å²) >= 11 is 0. The maximum atomic E-state index is 9.31. The molecule has 0 saturated heterocycles. The fourth-order valence-corrected chi connectivity index (χ4v) is 1.25. The third kappa shape index (κ3) is 2.98. The monoisotopic (exact) mass is 253 g/mol. The largest absolute Gasteiger partial charge is 0.439 e. The second-order valence-electron chi connectivity index (χ2n) is 3.29. The molecule has 0 atom stereocenters. The van der Waals surface area contributed by atoms with Gasteiger partial charge in [0.1, 0.15) is 5.75 Å². The molecule has 90 valence electrons. The number of hydrogen-bond acceptors (Lipinski definition) is 4. The molecule has 0 bridgehead atoms. The molecule has 5 nitrogen and oxygen atoms in total. The molecule has 2 rings (SSSR count). The van der Waals surface area contributed by atoms with E-state index in [9.17, 15) is 5.21 Å². The molecule has 1 aromatic carbocycles. The molecular formula is C11H12ClN3O2. The maximum Gasteiger partial charge on any atom is 0.258 e. The summed E-state index contributed by atoms with van der Waals surface area (Å²) in [6, 6.07) is 10.7. The van der Waals surface area contributed by atoms with Gasteiger partial charge in [0.2, 0.25) is 5.88 Å². The van der Waals surface area contributed by atoms with Crippen molar-refractivity contribution in [2.24, 2.45) is 0 Å². The van der Waals surface area contributed by atoms with Crippen LogP contribution in [0.5, 0.6) is 11.6 Å². The predicted octanol–water partition coefficient (Wildman–Crippen LogP) is 2.12. The van der Waals surface area contributed by atoms with Crippen LogP contribution in [0, 0.1) is 12.3 Å². The number of hydrogen-bond donors (Lipinski definition) is 2. The van der Waals surface area contributed by atoms with E-state index >= 15 is 0 Å². The highest BCUT2D eigenvalue weighted by Crippen LogP contribution is 2.17. The van der Waals surface area contributed by atoms with Crippen LogP contribution >= 0.6 is 12.4 Å². The molecule has 2 aromatic rings. The lowest BCUT2D eigenvalue weighted by atomic mass is 10.3. The minimum atomic E-state index is -0.258. The molecule has 0 aliphatic heterocycles. The highest BCUT2D eigenvalue weighted by Gasteiger charge is 2.03. The number of nitrogens with one attached hydrogen (secondary N) is 1. The van der Waals surface area contributed by atoms with E-state index in [2.05, 4.69) is 4.98 Å². The molecule has 0 spiro atoms. The van der Waals surface area contributed by atoms with E-state index in [1.807, 2.05) is 18.2 Å². The van der Waals surface area contributed by atoms with E-state index in [0.29, 0.717) is 22.1 Å². The summed E-state index contributed by atoms with van der Waals surface area (Å²) in [4.78, 5) is 3.79. The van der Waals surface area contributed by atoms with Gasteiger partial charge in [-0.15, -0.1) is 12.4 Å². The number of aromatic nitrogens is 2. The molecule has 0 fully saturated rings. The predicted molar refractivity (Wildman–Crippen MR) is 63.8 cm³/mol. The standard InChI is InChI=1S/C11H11N3O2.ClH/c1-8-7-10(13-11(12)14(8)15)16-9-5-3-2-4-6-9;/h2-7,12,15H,1H3;1H. The first-order chi connectivity index (χ1) is 7.66. The first-order valence-corrected chi connectivity index (χ1v) is 4.74. The Morgan fingerprint density at radius 2 is 1.94 bits per heavy atom. The van der Waals surface area contributed by atoms with Crippen LogP contribution in [0.2, 0.25) is 0 Å². The van der Waals surface area contributed by atoms with E-state index in [1.165, 1.54) is 0 Å². The summed E-state index contributed by atoms with van der Waals surface area (Å²) in [6.07, 6.45) is 0. The van der Waals surface area contributed by atoms with Gasteiger partial charge in [0, 0.05) is 6.07 Å². The highest BCUT2D eigenvalue weighted by molar-refractivity contribution is 5.85. The Bertz CT molecular complexity index is 554. The molecule has 0 aliphatic rings. The number of ether oxygens (including phenoxy) is 1. The second kappa shape index (κ2) is 5.36. The number of rotatable bonds is 2. The van der Waals surface area contributed by atoms with Crippen LogP contribution in [0.25, 0.3) is 0 Å². The molecule has 0 amide bonds. The van der Waals surface area contributed by atoms with Crippen molar-refractivity contribution < 1.29 is 9.94 Å². The quantitative estimate of drug-likeness (QED) is 0.806. The van der Waals surface area contributed by atoms with Crippen LogP contribution in [0.15, 0.2) is 36.4 Å². The SMILES string of the molecule is Cc1cc(Oc2ccccc2)nc(=N)n1O.Cl. The van der Waals surface area contributed by atoms with E-state index in [4.69, 9.17) is 10.1 Å². The second-order valence-corrected chi connectivity index (χ2v) is 3.29. The molecule has 0 unspecified atom stereocenters. The lowest BCUT2D eigenvalue weighted by Crippen LogP contribution is -2.23. The molecule has 0 aliphatic carbocycles. The first-order valence-electron chi connectivity index (χ1n) is 4.74.